The van der Waals surface area contributed by atoms with Gasteiger partial charge in [-0.2, -0.15) is 5.10 Å². The third-order valence-corrected chi connectivity index (χ3v) is 6.76. The number of carbonyl (C=O) groups is 1. The summed E-state index contributed by atoms with van der Waals surface area (Å²) in [5.74, 6) is 2.06. The number of nitrogens with zero attached hydrogens (tertiary/aromatic N) is 5. The maximum atomic E-state index is 12.5. The molecule has 1 saturated carbocycles. The second-order valence-electron chi connectivity index (χ2n) is 7.48. The highest BCUT2D eigenvalue weighted by molar-refractivity contribution is 7.98. The quantitative estimate of drug-likeness (QED) is 0.317. The molecule has 1 N–H and O–H groups in total. The van der Waals surface area contributed by atoms with Gasteiger partial charge >= 0.3 is 0 Å². The van der Waals surface area contributed by atoms with Gasteiger partial charge < -0.3 is 4.74 Å². The molecular formula is C22H25ClN6O2S. The molecule has 1 amide bonds. The molecule has 1 fully saturated rings. The first-order chi connectivity index (χ1) is 15.4. The number of hydrogen-bond acceptors (Lipinski definition) is 6. The average molecular weight is 473 g/mol. The van der Waals surface area contributed by atoms with Crippen LogP contribution in [-0.2, 0) is 7.05 Å². The van der Waals surface area contributed by atoms with Crippen LogP contribution in [0.1, 0.15) is 35.8 Å². The van der Waals surface area contributed by atoms with Crippen LogP contribution >= 0.6 is 23.5 Å². The number of pyridine rings is 1. The van der Waals surface area contributed by atoms with Crippen LogP contribution in [0.25, 0.3) is 5.82 Å². The van der Waals surface area contributed by atoms with Crippen molar-refractivity contribution in [2.45, 2.75) is 31.6 Å². The standard InChI is InChI=1S/C20H23ClN6O2S.C2H2/c1-12-4-5-14(12)11-29-18-8-9-27(24-18)17-7-6-15(19(21)23-17)20(28)25-30-16-10-22-26(3)13(16)2;1-2/h6-10,12,14H,4-5,11H2,1-3H3,(H,25,28);1-2H. The van der Waals surface area contributed by atoms with Crippen molar-refractivity contribution in [3.05, 3.63) is 47.0 Å². The summed E-state index contributed by atoms with van der Waals surface area (Å²) in [6.07, 6.45) is 13.9. The number of aromatic nitrogens is 5. The van der Waals surface area contributed by atoms with E-state index in [-0.39, 0.29) is 16.6 Å². The summed E-state index contributed by atoms with van der Waals surface area (Å²) >= 11 is 7.47. The number of nitrogens with one attached hydrogen (secondary N) is 1. The van der Waals surface area contributed by atoms with E-state index in [0.29, 0.717) is 30.1 Å². The summed E-state index contributed by atoms with van der Waals surface area (Å²) in [6.45, 7) is 4.86. The smallest absolute Gasteiger partial charge is 0.264 e. The minimum atomic E-state index is -0.327. The van der Waals surface area contributed by atoms with Crippen molar-refractivity contribution >= 4 is 29.5 Å². The lowest BCUT2D eigenvalue weighted by molar-refractivity contribution is 0.0984. The molecule has 4 rings (SSSR count). The van der Waals surface area contributed by atoms with Crippen molar-refractivity contribution in [1.29, 1.82) is 0 Å². The Hall–Kier alpha value is -2.96. The number of aryl methyl sites for hydroxylation is 1. The lowest BCUT2D eigenvalue weighted by Gasteiger charge is -2.33. The predicted molar refractivity (Wildman–Crippen MR) is 125 cm³/mol. The van der Waals surface area contributed by atoms with Crippen LogP contribution in [0.2, 0.25) is 5.15 Å². The van der Waals surface area contributed by atoms with Crippen molar-refractivity contribution in [3.63, 3.8) is 0 Å². The molecule has 1 aliphatic carbocycles. The summed E-state index contributed by atoms with van der Waals surface area (Å²) in [6, 6.07) is 5.13. The molecule has 3 heterocycles. The molecule has 8 nitrogen and oxygen atoms in total. The molecule has 0 bridgehead atoms. The Bertz CT molecular complexity index is 1110. The maximum absolute atomic E-state index is 12.5. The van der Waals surface area contributed by atoms with Crippen LogP contribution in [0.4, 0.5) is 0 Å². The van der Waals surface area contributed by atoms with Gasteiger partial charge in [0.25, 0.3) is 5.91 Å². The largest absolute Gasteiger partial charge is 0.476 e. The third-order valence-electron chi connectivity index (χ3n) is 5.56. The van der Waals surface area contributed by atoms with E-state index in [1.807, 2.05) is 14.0 Å². The number of hydrogen-bond donors (Lipinski definition) is 1. The first-order valence-corrected chi connectivity index (χ1v) is 11.3. The predicted octanol–water partition coefficient (Wildman–Crippen LogP) is 4.07. The van der Waals surface area contributed by atoms with Crippen LogP contribution in [0.15, 0.2) is 35.5 Å². The van der Waals surface area contributed by atoms with Gasteiger partial charge in [0.15, 0.2) is 5.82 Å². The molecule has 1 aliphatic rings. The lowest BCUT2D eigenvalue weighted by Crippen LogP contribution is -2.28. The van der Waals surface area contributed by atoms with Gasteiger partial charge in [-0.3, -0.25) is 14.2 Å². The highest BCUT2D eigenvalue weighted by atomic mass is 35.5. The normalized spacial score (nSPS) is 17.1. The minimum absolute atomic E-state index is 0.106. The highest BCUT2D eigenvalue weighted by Gasteiger charge is 2.27. The fourth-order valence-corrected chi connectivity index (χ4v) is 4.07. The summed E-state index contributed by atoms with van der Waals surface area (Å²) in [5, 5.41) is 8.66. The van der Waals surface area contributed by atoms with E-state index in [1.54, 1.807) is 40.0 Å². The Balaban J connectivity index is 0.00000141. The van der Waals surface area contributed by atoms with Crippen molar-refractivity contribution in [3.8, 4) is 24.5 Å². The molecule has 0 spiro atoms. The molecule has 0 aliphatic heterocycles. The zero-order valence-electron chi connectivity index (χ0n) is 18.2. The monoisotopic (exact) mass is 472 g/mol. The van der Waals surface area contributed by atoms with E-state index in [0.717, 1.165) is 10.6 Å². The van der Waals surface area contributed by atoms with Crippen molar-refractivity contribution in [2.75, 3.05) is 6.61 Å². The van der Waals surface area contributed by atoms with Crippen LogP contribution in [0.3, 0.4) is 0 Å². The molecule has 3 aromatic rings. The van der Waals surface area contributed by atoms with Gasteiger partial charge in [0.05, 0.1) is 29.0 Å². The van der Waals surface area contributed by atoms with E-state index in [2.05, 4.69) is 39.7 Å². The van der Waals surface area contributed by atoms with E-state index < -0.39 is 0 Å². The molecule has 10 heteroatoms. The number of halogens is 1. The van der Waals surface area contributed by atoms with Crippen LogP contribution < -0.4 is 9.46 Å². The fourth-order valence-electron chi connectivity index (χ4n) is 3.14. The topological polar surface area (TPSA) is 86.9 Å². The number of ether oxygens (including phenoxy) is 1. The fraction of sp³-hybridized carbons (Fsp3) is 0.364. The second kappa shape index (κ2) is 10.6. The van der Waals surface area contributed by atoms with E-state index in [1.165, 1.54) is 24.8 Å². The van der Waals surface area contributed by atoms with Gasteiger partial charge in [-0.1, -0.05) is 18.5 Å². The second-order valence-corrected chi connectivity index (χ2v) is 8.69. The highest BCUT2D eigenvalue weighted by Crippen LogP contribution is 2.33. The minimum Gasteiger partial charge on any atom is -0.476 e. The molecule has 168 valence electrons. The number of rotatable bonds is 7. The summed E-state index contributed by atoms with van der Waals surface area (Å²) < 4.78 is 11.9. The molecule has 2 unspecified atom stereocenters. The van der Waals surface area contributed by atoms with Gasteiger partial charge in [0.1, 0.15) is 5.15 Å². The van der Waals surface area contributed by atoms with Crippen LogP contribution in [0.5, 0.6) is 5.88 Å². The Morgan fingerprint density at radius 3 is 2.72 bits per heavy atom. The summed E-state index contributed by atoms with van der Waals surface area (Å²) in [5.41, 5.74) is 1.25. The van der Waals surface area contributed by atoms with Gasteiger partial charge in [-0.05, 0) is 55.7 Å². The molecule has 0 radical (unpaired) electrons. The van der Waals surface area contributed by atoms with E-state index in [9.17, 15) is 4.79 Å². The van der Waals surface area contributed by atoms with Crippen LogP contribution in [-0.4, -0.2) is 37.1 Å². The molecule has 32 heavy (non-hydrogen) atoms. The Morgan fingerprint density at radius 2 is 2.12 bits per heavy atom. The molecule has 3 aromatic heterocycles. The van der Waals surface area contributed by atoms with Gasteiger partial charge in [0.2, 0.25) is 5.88 Å². The SMILES string of the molecule is C#C.Cc1c(SNC(=O)c2ccc(-n3ccc(OCC4CCC4C)n3)nc2Cl)cnn1C. The van der Waals surface area contributed by atoms with Crippen LogP contribution in [0, 0.1) is 31.6 Å². The summed E-state index contributed by atoms with van der Waals surface area (Å²) in [4.78, 5) is 17.7. The number of carbonyl (C=O) groups excluding carboxylic acids is 1. The first kappa shape index (κ1) is 23.7. The van der Waals surface area contributed by atoms with Gasteiger partial charge in [0, 0.05) is 19.3 Å². The maximum Gasteiger partial charge on any atom is 0.264 e. The average Bonchev–Trinajstić information content (AvgIpc) is 3.39. The first-order valence-electron chi connectivity index (χ1n) is 10.1. The Morgan fingerprint density at radius 1 is 1.34 bits per heavy atom. The molecular weight excluding hydrogens is 448 g/mol. The van der Waals surface area contributed by atoms with E-state index >= 15 is 0 Å². The van der Waals surface area contributed by atoms with Crippen molar-refractivity contribution in [2.24, 2.45) is 18.9 Å². The zero-order chi connectivity index (χ0) is 23.3. The number of terminal acetylenes is 1. The van der Waals surface area contributed by atoms with Gasteiger partial charge in [-0.25, -0.2) is 9.67 Å². The molecule has 2 atom stereocenters. The Kier molecular flexibility index (Phi) is 7.83. The molecule has 0 aromatic carbocycles. The molecule has 0 saturated heterocycles. The summed E-state index contributed by atoms with van der Waals surface area (Å²) in [7, 11) is 1.85. The number of amides is 1. The lowest BCUT2D eigenvalue weighted by atomic mass is 9.75. The zero-order valence-corrected chi connectivity index (χ0v) is 19.7. The third kappa shape index (κ3) is 5.26. The van der Waals surface area contributed by atoms with E-state index in [4.69, 9.17) is 16.3 Å². The van der Waals surface area contributed by atoms with Crippen molar-refractivity contribution in [1.82, 2.24) is 29.3 Å². The van der Waals surface area contributed by atoms with Gasteiger partial charge in [-0.15, -0.1) is 17.9 Å². The Labute approximate surface area is 196 Å². The van der Waals surface area contributed by atoms with Crippen molar-refractivity contribution < 1.29 is 9.53 Å².